The molecule has 0 atom stereocenters. The van der Waals surface area contributed by atoms with Gasteiger partial charge in [-0.3, -0.25) is 0 Å². The lowest BCUT2D eigenvalue weighted by Crippen LogP contribution is -1.95. The maximum atomic E-state index is 5.69. The Bertz CT molecular complexity index is 496. The van der Waals surface area contributed by atoms with Gasteiger partial charge in [0.2, 0.25) is 0 Å². The fourth-order valence-corrected chi connectivity index (χ4v) is 2.23. The predicted octanol–water partition coefficient (Wildman–Crippen LogP) is 5.49. The van der Waals surface area contributed by atoms with Crippen LogP contribution in [-0.4, -0.2) is 6.61 Å². The van der Waals surface area contributed by atoms with E-state index in [2.05, 4.69) is 62.4 Å². The molecule has 0 saturated carbocycles. The van der Waals surface area contributed by atoms with E-state index in [4.69, 9.17) is 4.74 Å². The molecule has 0 fully saturated rings. The van der Waals surface area contributed by atoms with Crippen LogP contribution in [0.2, 0.25) is 0 Å². The molecule has 2 aromatic rings. The average Bonchev–Trinajstić information content (AvgIpc) is 2.49. The third kappa shape index (κ3) is 4.12. The normalized spacial score (nSPS) is 10.5. The summed E-state index contributed by atoms with van der Waals surface area (Å²) in [6, 6.07) is 17.3. The van der Waals surface area contributed by atoms with Crippen molar-refractivity contribution in [2.45, 2.75) is 39.5 Å². The Balaban J connectivity index is 2.01. The zero-order valence-electron chi connectivity index (χ0n) is 12.6. The highest BCUT2D eigenvalue weighted by molar-refractivity contribution is 5.64. The predicted molar refractivity (Wildman–Crippen MR) is 86.3 cm³/mol. The molecule has 0 unspecified atom stereocenters. The molecule has 0 saturated heterocycles. The summed E-state index contributed by atoms with van der Waals surface area (Å²) in [4.78, 5) is 0. The minimum absolute atomic E-state index is 0.807. The average molecular weight is 268 g/mol. The molecule has 0 aliphatic carbocycles. The van der Waals surface area contributed by atoms with Crippen molar-refractivity contribution < 1.29 is 4.74 Å². The summed E-state index contributed by atoms with van der Waals surface area (Å²) in [6.07, 6.45) is 4.64. The zero-order valence-corrected chi connectivity index (χ0v) is 12.6. The second kappa shape index (κ2) is 7.74. The molecule has 0 N–H and O–H groups in total. The van der Waals surface area contributed by atoms with Gasteiger partial charge in [0.25, 0.3) is 0 Å². The fraction of sp³-hybridized carbons (Fsp3) is 0.368. The number of rotatable bonds is 7. The highest BCUT2D eigenvalue weighted by Crippen LogP contribution is 2.23. The molecule has 0 heterocycles. The SMILES string of the molecule is CCCCOc1ccc(-c2ccc(CCC)cc2)cc1. The van der Waals surface area contributed by atoms with Crippen molar-refractivity contribution in [3.63, 3.8) is 0 Å². The van der Waals surface area contributed by atoms with Crippen molar-refractivity contribution in [2.24, 2.45) is 0 Å². The van der Waals surface area contributed by atoms with E-state index >= 15 is 0 Å². The van der Waals surface area contributed by atoms with E-state index in [1.165, 1.54) is 29.5 Å². The number of aryl methyl sites for hydroxylation is 1. The Morgan fingerprint density at radius 2 is 1.35 bits per heavy atom. The third-order valence-electron chi connectivity index (χ3n) is 3.45. The van der Waals surface area contributed by atoms with Gasteiger partial charge >= 0.3 is 0 Å². The van der Waals surface area contributed by atoms with Crippen LogP contribution in [0.4, 0.5) is 0 Å². The van der Waals surface area contributed by atoms with Gasteiger partial charge in [0.1, 0.15) is 5.75 Å². The Hall–Kier alpha value is -1.76. The van der Waals surface area contributed by atoms with Crippen LogP contribution in [0, 0.1) is 0 Å². The second-order valence-corrected chi connectivity index (χ2v) is 5.17. The van der Waals surface area contributed by atoms with Crippen LogP contribution in [0.25, 0.3) is 11.1 Å². The van der Waals surface area contributed by atoms with E-state index in [1.54, 1.807) is 0 Å². The minimum atomic E-state index is 0.807. The van der Waals surface area contributed by atoms with Crippen molar-refractivity contribution in [1.82, 2.24) is 0 Å². The van der Waals surface area contributed by atoms with E-state index in [1.807, 2.05) is 0 Å². The van der Waals surface area contributed by atoms with Crippen LogP contribution in [-0.2, 0) is 6.42 Å². The Morgan fingerprint density at radius 3 is 1.90 bits per heavy atom. The smallest absolute Gasteiger partial charge is 0.119 e. The van der Waals surface area contributed by atoms with Gasteiger partial charge in [-0.2, -0.15) is 0 Å². The largest absolute Gasteiger partial charge is 0.494 e. The number of unbranched alkanes of at least 4 members (excludes halogenated alkanes) is 1. The van der Waals surface area contributed by atoms with Crippen LogP contribution >= 0.6 is 0 Å². The number of ether oxygens (including phenoxy) is 1. The van der Waals surface area contributed by atoms with E-state index in [0.29, 0.717) is 0 Å². The highest BCUT2D eigenvalue weighted by atomic mass is 16.5. The third-order valence-corrected chi connectivity index (χ3v) is 3.45. The lowest BCUT2D eigenvalue weighted by atomic mass is 10.0. The van der Waals surface area contributed by atoms with E-state index < -0.39 is 0 Å². The van der Waals surface area contributed by atoms with Gasteiger partial charge in [-0.1, -0.05) is 63.1 Å². The van der Waals surface area contributed by atoms with Gasteiger partial charge in [-0.25, -0.2) is 0 Å². The summed E-state index contributed by atoms with van der Waals surface area (Å²) in [7, 11) is 0. The maximum Gasteiger partial charge on any atom is 0.119 e. The number of hydrogen-bond donors (Lipinski definition) is 0. The molecule has 0 amide bonds. The number of benzene rings is 2. The molecule has 1 heteroatoms. The lowest BCUT2D eigenvalue weighted by Gasteiger charge is -2.07. The molecule has 0 bridgehead atoms. The first kappa shape index (κ1) is 14.6. The van der Waals surface area contributed by atoms with Crippen LogP contribution in [0.15, 0.2) is 48.5 Å². The summed E-state index contributed by atoms with van der Waals surface area (Å²) >= 11 is 0. The first-order valence-corrected chi connectivity index (χ1v) is 7.65. The highest BCUT2D eigenvalue weighted by Gasteiger charge is 1.99. The van der Waals surface area contributed by atoms with E-state index in [-0.39, 0.29) is 0 Å². The molecule has 1 nitrogen and oxygen atoms in total. The molecule has 0 spiro atoms. The quantitative estimate of drug-likeness (QED) is 0.604. The summed E-state index contributed by atoms with van der Waals surface area (Å²) in [5.41, 5.74) is 3.93. The molecule has 2 rings (SSSR count). The van der Waals surface area contributed by atoms with Crippen molar-refractivity contribution in [3.8, 4) is 16.9 Å². The molecular weight excluding hydrogens is 244 g/mol. The van der Waals surface area contributed by atoms with Crippen LogP contribution < -0.4 is 4.74 Å². The van der Waals surface area contributed by atoms with Gasteiger partial charge in [-0.15, -0.1) is 0 Å². The Morgan fingerprint density at radius 1 is 0.750 bits per heavy atom. The number of hydrogen-bond acceptors (Lipinski definition) is 1. The second-order valence-electron chi connectivity index (χ2n) is 5.17. The molecule has 20 heavy (non-hydrogen) atoms. The summed E-state index contributed by atoms with van der Waals surface area (Å²) in [5.74, 6) is 0.963. The van der Waals surface area contributed by atoms with Gasteiger partial charge in [0.15, 0.2) is 0 Å². The van der Waals surface area contributed by atoms with Gasteiger partial charge in [0.05, 0.1) is 6.61 Å². The Kier molecular flexibility index (Phi) is 5.67. The minimum Gasteiger partial charge on any atom is -0.494 e. The first-order valence-electron chi connectivity index (χ1n) is 7.65. The molecular formula is C19H24O. The fourth-order valence-electron chi connectivity index (χ4n) is 2.23. The van der Waals surface area contributed by atoms with Gasteiger partial charge in [0, 0.05) is 0 Å². The van der Waals surface area contributed by atoms with Crippen LogP contribution in [0.1, 0.15) is 38.7 Å². The van der Waals surface area contributed by atoms with Crippen LogP contribution in [0.3, 0.4) is 0 Å². The summed E-state index contributed by atoms with van der Waals surface area (Å²) in [6.45, 7) is 5.20. The van der Waals surface area contributed by atoms with Gasteiger partial charge < -0.3 is 4.74 Å². The molecule has 0 aliphatic rings. The van der Waals surface area contributed by atoms with Crippen molar-refractivity contribution in [1.29, 1.82) is 0 Å². The molecule has 0 aliphatic heterocycles. The zero-order chi connectivity index (χ0) is 14.2. The summed E-state index contributed by atoms with van der Waals surface area (Å²) < 4.78 is 5.69. The molecule has 0 aromatic heterocycles. The van der Waals surface area contributed by atoms with Crippen LogP contribution in [0.5, 0.6) is 5.75 Å². The van der Waals surface area contributed by atoms with E-state index in [9.17, 15) is 0 Å². The molecule has 2 aromatic carbocycles. The monoisotopic (exact) mass is 268 g/mol. The van der Waals surface area contributed by atoms with E-state index in [0.717, 1.165) is 25.2 Å². The summed E-state index contributed by atoms with van der Waals surface area (Å²) in [5, 5.41) is 0. The van der Waals surface area contributed by atoms with Crippen molar-refractivity contribution in [2.75, 3.05) is 6.61 Å². The maximum absolute atomic E-state index is 5.69. The van der Waals surface area contributed by atoms with Gasteiger partial charge in [-0.05, 0) is 41.7 Å². The standard InChI is InChI=1S/C19H24O/c1-3-5-15-20-19-13-11-18(12-14-19)17-9-7-16(6-4-2)8-10-17/h7-14H,3-6,15H2,1-2H3. The topological polar surface area (TPSA) is 9.23 Å². The lowest BCUT2D eigenvalue weighted by molar-refractivity contribution is 0.309. The molecule has 106 valence electrons. The molecule has 0 radical (unpaired) electrons. The van der Waals surface area contributed by atoms with Crippen molar-refractivity contribution in [3.05, 3.63) is 54.1 Å². The Labute approximate surface area is 122 Å². The van der Waals surface area contributed by atoms with Crippen molar-refractivity contribution >= 4 is 0 Å². The first-order chi connectivity index (χ1) is 9.83.